The topological polar surface area (TPSA) is 35.5 Å². The Labute approximate surface area is 104 Å². The molecule has 0 unspecified atom stereocenters. The zero-order chi connectivity index (χ0) is 12.9. The van der Waals surface area contributed by atoms with E-state index in [2.05, 4.69) is 0 Å². The molecule has 0 amide bonds. The van der Waals surface area contributed by atoms with E-state index >= 15 is 0 Å². The molecule has 0 heterocycles. The molecule has 1 aromatic carbocycles. The van der Waals surface area contributed by atoms with Crippen molar-refractivity contribution in [1.29, 1.82) is 0 Å². The molecule has 94 valence electrons. The van der Waals surface area contributed by atoms with E-state index in [1.807, 2.05) is 43.9 Å². The van der Waals surface area contributed by atoms with Crippen LogP contribution < -0.4 is 4.74 Å². The molecule has 3 nitrogen and oxygen atoms in total. The minimum atomic E-state index is -1.74. The average molecular weight is 252 g/mol. The highest BCUT2D eigenvalue weighted by molar-refractivity contribution is 6.71. The Balaban J connectivity index is 2.42. The summed E-state index contributed by atoms with van der Waals surface area (Å²) >= 11 is 0. The molecule has 0 aliphatic carbocycles. The lowest BCUT2D eigenvalue weighted by Gasteiger charge is -2.17. The molecule has 0 fully saturated rings. The van der Waals surface area contributed by atoms with E-state index in [0.717, 1.165) is 11.3 Å². The van der Waals surface area contributed by atoms with Crippen LogP contribution in [0, 0.1) is 0 Å². The summed E-state index contributed by atoms with van der Waals surface area (Å²) in [6, 6.07) is 7.75. The van der Waals surface area contributed by atoms with E-state index < -0.39 is 8.32 Å². The second kappa shape index (κ2) is 5.86. The first-order valence-corrected chi connectivity index (χ1v) is 9.16. The number of hydrogen-bond donors (Lipinski definition) is 0. The molecular weight excluding hydrogens is 232 g/mol. The quantitative estimate of drug-likeness (QED) is 0.756. The van der Waals surface area contributed by atoms with Crippen molar-refractivity contribution in [2.75, 3.05) is 7.11 Å². The van der Waals surface area contributed by atoms with Crippen molar-refractivity contribution >= 4 is 14.3 Å². The van der Waals surface area contributed by atoms with Crippen LogP contribution in [0.25, 0.3) is 0 Å². The monoisotopic (exact) mass is 252 g/mol. The van der Waals surface area contributed by atoms with Crippen molar-refractivity contribution in [3.8, 4) is 5.75 Å². The van der Waals surface area contributed by atoms with Crippen molar-refractivity contribution < 1.29 is 14.0 Å². The smallest absolute Gasteiger partial charge is 0.292 e. The third kappa shape index (κ3) is 5.54. The lowest BCUT2D eigenvalue weighted by Crippen LogP contribution is -2.29. The SMILES string of the molecule is COc1ccc(CCC(=O)O[Si](C)(C)C)cc1. The van der Waals surface area contributed by atoms with Gasteiger partial charge in [0.15, 0.2) is 0 Å². The number of carbonyl (C=O) groups excluding carboxylic acids is 1. The highest BCUT2D eigenvalue weighted by atomic mass is 28.4. The Bertz CT molecular complexity index is 365. The Morgan fingerprint density at radius 3 is 2.24 bits per heavy atom. The molecule has 4 heteroatoms. The van der Waals surface area contributed by atoms with Crippen LogP contribution in [0.3, 0.4) is 0 Å². The summed E-state index contributed by atoms with van der Waals surface area (Å²) < 4.78 is 10.5. The fourth-order valence-corrected chi connectivity index (χ4v) is 2.22. The molecule has 1 aromatic rings. The number of benzene rings is 1. The molecule has 0 saturated carbocycles. The Hall–Kier alpha value is -1.29. The van der Waals surface area contributed by atoms with Gasteiger partial charge in [0.2, 0.25) is 8.32 Å². The molecule has 0 spiro atoms. The zero-order valence-corrected chi connectivity index (χ0v) is 11.9. The van der Waals surface area contributed by atoms with Crippen LogP contribution in [0.4, 0.5) is 0 Å². The highest BCUT2D eigenvalue weighted by Gasteiger charge is 2.19. The first kappa shape index (κ1) is 13.8. The van der Waals surface area contributed by atoms with Gasteiger partial charge in [-0.25, -0.2) is 0 Å². The second-order valence-electron chi connectivity index (χ2n) is 4.93. The van der Waals surface area contributed by atoms with Gasteiger partial charge in [0.1, 0.15) is 5.75 Å². The minimum Gasteiger partial charge on any atom is -0.520 e. The van der Waals surface area contributed by atoms with Crippen LogP contribution in [0.15, 0.2) is 24.3 Å². The molecular formula is C13H20O3Si. The highest BCUT2D eigenvalue weighted by Crippen LogP contribution is 2.13. The summed E-state index contributed by atoms with van der Waals surface area (Å²) in [5.41, 5.74) is 1.12. The van der Waals surface area contributed by atoms with E-state index in [1.165, 1.54) is 0 Å². The number of rotatable bonds is 5. The maximum atomic E-state index is 11.5. The number of methoxy groups -OCH3 is 1. The van der Waals surface area contributed by atoms with Gasteiger partial charge in [0, 0.05) is 6.42 Å². The van der Waals surface area contributed by atoms with Gasteiger partial charge < -0.3 is 9.16 Å². The van der Waals surface area contributed by atoms with E-state index in [-0.39, 0.29) is 5.97 Å². The minimum absolute atomic E-state index is 0.0972. The number of hydrogen-bond acceptors (Lipinski definition) is 3. The Kier molecular flexibility index (Phi) is 4.75. The van der Waals surface area contributed by atoms with E-state index in [9.17, 15) is 4.79 Å². The molecule has 0 aromatic heterocycles. The molecule has 0 bridgehead atoms. The predicted molar refractivity (Wildman–Crippen MR) is 70.8 cm³/mol. The largest absolute Gasteiger partial charge is 0.520 e. The lowest BCUT2D eigenvalue weighted by atomic mass is 10.1. The summed E-state index contributed by atoms with van der Waals surface area (Å²) in [7, 11) is -0.104. The van der Waals surface area contributed by atoms with Crippen LogP contribution in [0.1, 0.15) is 12.0 Å². The van der Waals surface area contributed by atoms with Gasteiger partial charge in [-0.2, -0.15) is 0 Å². The van der Waals surface area contributed by atoms with Crippen molar-refractivity contribution in [1.82, 2.24) is 0 Å². The standard InChI is InChI=1S/C13H20O3Si/c1-15-12-8-5-11(6-9-12)7-10-13(14)16-17(2,3)4/h5-6,8-9H,7,10H2,1-4H3. The van der Waals surface area contributed by atoms with Crippen molar-refractivity contribution in [3.05, 3.63) is 29.8 Å². The van der Waals surface area contributed by atoms with Gasteiger partial charge in [-0.05, 0) is 43.8 Å². The molecule has 0 aliphatic rings. The summed E-state index contributed by atoms with van der Waals surface area (Å²) in [5.74, 6) is 0.735. The van der Waals surface area contributed by atoms with Crippen LogP contribution in [-0.4, -0.2) is 21.4 Å². The third-order valence-electron chi connectivity index (χ3n) is 2.20. The lowest BCUT2D eigenvalue weighted by molar-refractivity contribution is -0.135. The Morgan fingerprint density at radius 2 is 1.76 bits per heavy atom. The van der Waals surface area contributed by atoms with Crippen molar-refractivity contribution in [2.24, 2.45) is 0 Å². The van der Waals surface area contributed by atoms with Gasteiger partial charge in [-0.1, -0.05) is 12.1 Å². The van der Waals surface area contributed by atoms with E-state index in [0.29, 0.717) is 12.8 Å². The second-order valence-corrected chi connectivity index (χ2v) is 9.36. The van der Waals surface area contributed by atoms with Gasteiger partial charge in [0.25, 0.3) is 5.97 Å². The summed E-state index contributed by atoms with van der Waals surface area (Å²) in [5, 5.41) is 0. The average Bonchev–Trinajstić information content (AvgIpc) is 2.25. The fourth-order valence-electron chi connectivity index (χ4n) is 1.43. The molecule has 0 aliphatic heterocycles. The van der Waals surface area contributed by atoms with E-state index in [1.54, 1.807) is 7.11 Å². The number of carbonyl (C=O) groups is 1. The van der Waals surface area contributed by atoms with Crippen LogP contribution in [0.5, 0.6) is 5.75 Å². The van der Waals surface area contributed by atoms with Gasteiger partial charge in [0.05, 0.1) is 7.11 Å². The molecule has 0 saturated heterocycles. The maximum Gasteiger partial charge on any atom is 0.292 e. The van der Waals surface area contributed by atoms with Crippen LogP contribution in [0.2, 0.25) is 19.6 Å². The van der Waals surface area contributed by atoms with Crippen molar-refractivity contribution in [2.45, 2.75) is 32.5 Å². The molecule has 17 heavy (non-hydrogen) atoms. The Morgan fingerprint density at radius 1 is 1.18 bits per heavy atom. The first-order valence-electron chi connectivity index (χ1n) is 5.75. The first-order chi connectivity index (χ1) is 7.90. The summed E-state index contributed by atoms with van der Waals surface area (Å²) in [4.78, 5) is 11.5. The summed E-state index contributed by atoms with van der Waals surface area (Å²) in [6.45, 7) is 6.04. The number of aryl methyl sites for hydroxylation is 1. The van der Waals surface area contributed by atoms with Crippen LogP contribution >= 0.6 is 0 Å². The van der Waals surface area contributed by atoms with Gasteiger partial charge >= 0.3 is 0 Å². The zero-order valence-electron chi connectivity index (χ0n) is 10.9. The molecule has 0 atom stereocenters. The summed E-state index contributed by atoms with van der Waals surface area (Å²) in [6.07, 6.45) is 1.16. The normalized spacial score (nSPS) is 11.1. The molecule has 1 rings (SSSR count). The van der Waals surface area contributed by atoms with Crippen molar-refractivity contribution in [3.63, 3.8) is 0 Å². The molecule has 0 radical (unpaired) electrons. The van der Waals surface area contributed by atoms with E-state index in [4.69, 9.17) is 9.16 Å². The number of ether oxygens (including phenoxy) is 1. The fraction of sp³-hybridized carbons (Fsp3) is 0.462. The maximum absolute atomic E-state index is 11.5. The third-order valence-corrected chi connectivity index (χ3v) is 3.04. The van der Waals surface area contributed by atoms with Gasteiger partial charge in [-0.3, -0.25) is 4.79 Å². The molecule has 0 N–H and O–H groups in total. The van der Waals surface area contributed by atoms with Gasteiger partial charge in [-0.15, -0.1) is 0 Å². The predicted octanol–water partition coefficient (Wildman–Crippen LogP) is 3.01. The van der Waals surface area contributed by atoms with Crippen LogP contribution in [-0.2, 0) is 15.6 Å².